The van der Waals surface area contributed by atoms with Gasteiger partial charge in [0.25, 0.3) is 0 Å². The predicted molar refractivity (Wildman–Crippen MR) is 576 cm³/mol. The van der Waals surface area contributed by atoms with Crippen molar-refractivity contribution in [3.63, 3.8) is 0 Å². The van der Waals surface area contributed by atoms with E-state index in [0.29, 0.717) is 11.8 Å². The molecule has 3 aromatic heterocycles. The third kappa shape index (κ3) is 26.4. The molecular weight excluding hydrogens is 1610 g/mol. The first-order valence-electron chi connectivity index (χ1n) is 54.5. The first kappa shape index (κ1) is 100.0. The summed E-state index contributed by atoms with van der Waals surface area (Å²) in [5, 5.41) is 5.85. The topological polar surface area (TPSA) is 25.8 Å². The van der Waals surface area contributed by atoms with Gasteiger partial charge in [0.15, 0.2) is 0 Å². The largest absolute Gasteiger partial charge is 0.172 e. The van der Waals surface area contributed by atoms with Crippen molar-refractivity contribution >= 4 is 67.0 Å². The van der Waals surface area contributed by atoms with E-state index < -0.39 is 0 Å². The molecule has 3 heterocycles. The molecule has 0 amide bonds. The number of rotatable bonds is 65. The second kappa shape index (κ2) is 53.0. The maximum Gasteiger partial charge on any atom is 0.114 e. The number of fused-ring (bicyclic) bond motifs is 9. The van der Waals surface area contributed by atoms with Crippen LogP contribution < -0.4 is 0 Å². The molecule has 5 heteroatoms. The van der Waals surface area contributed by atoms with Crippen molar-refractivity contribution < 1.29 is 0 Å². The fourth-order valence-electron chi connectivity index (χ4n) is 23.6. The predicted octanol–water partition coefficient (Wildman–Crippen LogP) is 41.9. The van der Waals surface area contributed by atoms with Gasteiger partial charge in [-0.3, -0.25) is 0 Å². The smallest absolute Gasteiger partial charge is 0.114 e. The summed E-state index contributed by atoms with van der Waals surface area (Å²) in [5.74, 6) is 1.35. The molecule has 0 bridgehead atoms. The molecule has 0 atom stereocenters. The molecule has 0 aliphatic heterocycles. The molecule has 0 spiro atoms. The average Bonchev–Trinajstić information content (AvgIpc) is 1.65. The second-order valence-electron chi connectivity index (χ2n) is 41.1. The molecule has 8 aromatic carbocycles. The van der Waals surface area contributed by atoms with Crippen molar-refractivity contribution in [1.82, 2.24) is 8.75 Å². The Morgan fingerprint density at radius 3 is 0.899 bits per heavy atom. The van der Waals surface area contributed by atoms with E-state index in [2.05, 4.69) is 215 Å². The van der Waals surface area contributed by atoms with Crippen molar-refractivity contribution in [2.24, 2.45) is 11.8 Å². The molecule has 2 aliphatic carbocycles. The quantitative estimate of drug-likeness (QED) is 0.0280. The average molecular weight is 1790 g/mol. The molecular formula is C124H172N2S3. The molecule has 13 rings (SSSR count). The minimum atomic E-state index is -0.149. The van der Waals surface area contributed by atoms with Crippen LogP contribution in [0.15, 0.2) is 146 Å². The highest BCUT2D eigenvalue weighted by Crippen LogP contribution is 2.60. The van der Waals surface area contributed by atoms with Crippen LogP contribution in [0.3, 0.4) is 0 Å². The van der Waals surface area contributed by atoms with Gasteiger partial charge in [0.2, 0.25) is 0 Å². The fraction of sp³-hybridized carbons (Fsp3) is 0.581. The Bertz CT molecular complexity index is 5100. The molecule has 0 fully saturated rings. The van der Waals surface area contributed by atoms with Gasteiger partial charge >= 0.3 is 0 Å². The molecule has 696 valence electrons. The summed E-state index contributed by atoms with van der Waals surface area (Å²) in [5.41, 5.74) is 28.3. The van der Waals surface area contributed by atoms with Gasteiger partial charge < -0.3 is 0 Å². The summed E-state index contributed by atoms with van der Waals surface area (Å²) in [6, 6.07) is 62.3. The van der Waals surface area contributed by atoms with Gasteiger partial charge in [0.1, 0.15) is 11.0 Å². The van der Waals surface area contributed by atoms with Crippen LogP contribution in [0.1, 0.15) is 459 Å². The lowest BCUT2D eigenvalue weighted by molar-refractivity contribution is 0.398. The number of hydrogen-bond donors (Lipinski definition) is 0. The lowest BCUT2D eigenvalue weighted by atomic mass is 9.69. The van der Waals surface area contributed by atoms with Crippen molar-refractivity contribution in [3.8, 4) is 75.8 Å². The summed E-state index contributed by atoms with van der Waals surface area (Å²) in [7, 11) is 0. The van der Waals surface area contributed by atoms with E-state index in [1.807, 2.05) is 22.7 Å². The Labute approximate surface area is 799 Å². The van der Waals surface area contributed by atoms with Crippen molar-refractivity contribution in [3.05, 3.63) is 189 Å². The van der Waals surface area contributed by atoms with E-state index in [-0.39, 0.29) is 10.8 Å². The zero-order valence-electron chi connectivity index (χ0n) is 83.1. The lowest BCUT2D eigenvalue weighted by Gasteiger charge is -2.34. The van der Waals surface area contributed by atoms with Crippen molar-refractivity contribution in [1.29, 1.82) is 0 Å². The van der Waals surface area contributed by atoms with Crippen LogP contribution in [-0.4, -0.2) is 8.75 Å². The summed E-state index contributed by atoms with van der Waals surface area (Å²) < 4.78 is 10.0. The molecule has 0 radical (unpaired) electrons. The van der Waals surface area contributed by atoms with E-state index in [1.54, 1.807) is 33.4 Å². The number of hydrogen-bond acceptors (Lipinski definition) is 5. The fourth-order valence-corrected chi connectivity index (χ4v) is 26.1. The highest BCUT2D eigenvalue weighted by Gasteiger charge is 2.45. The maximum atomic E-state index is 5.05. The SMILES string of the molecule is CCCCCCCCC(CCCCCCCC)Cc1ccc2c(-c3ccc4c(c3)C(CCCCCCCC)(CCCCCCCC)c3cc(-c5ccc(-c6ccc(-c7ccc(C)s7)c7nsnc67)s5)ccc3-4)c3cc(CC(CCCCCCCC)CCCCCCCC)ccc3c(-c3ccc4c(c3)C(CCCCCCCC)(CCCCCCCC)c3cc(C)ccc3-4)c2c1. The number of aromatic nitrogens is 2. The monoisotopic (exact) mass is 1790 g/mol. The van der Waals surface area contributed by atoms with Crippen molar-refractivity contribution in [2.75, 3.05) is 0 Å². The van der Waals surface area contributed by atoms with Crippen LogP contribution in [0, 0.1) is 25.7 Å². The number of nitrogens with zero attached hydrogens (tertiary/aromatic N) is 2. The zero-order valence-corrected chi connectivity index (χ0v) is 85.6. The van der Waals surface area contributed by atoms with E-state index in [9.17, 15) is 0 Å². The van der Waals surface area contributed by atoms with Gasteiger partial charge in [-0.25, -0.2) is 0 Å². The molecule has 129 heavy (non-hydrogen) atoms. The first-order valence-corrected chi connectivity index (χ1v) is 56.9. The normalized spacial score (nSPS) is 13.2. The summed E-state index contributed by atoms with van der Waals surface area (Å²) in [6.07, 6.45) is 76.6. The molecule has 0 unspecified atom stereocenters. The van der Waals surface area contributed by atoms with Crippen LogP contribution in [0.5, 0.6) is 0 Å². The van der Waals surface area contributed by atoms with Crippen molar-refractivity contribution in [2.45, 2.75) is 452 Å². The molecule has 11 aromatic rings. The minimum absolute atomic E-state index is 0.0378. The Morgan fingerprint density at radius 1 is 0.248 bits per heavy atom. The van der Waals surface area contributed by atoms with E-state index in [1.165, 1.54) is 479 Å². The summed E-state index contributed by atoms with van der Waals surface area (Å²) in [6.45, 7) is 23.6. The molecule has 0 saturated carbocycles. The summed E-state index contributed by atoms with van der Waals surface area (Å²) in [4.78, 5) is 5.19. The number of benzene rings is 8. The second-order valence-corrected chi connectivity index (χ2v) is 44.0. The summed E-state index contributed by atoms with van der Waals surface area (Å²) >= 11 is 5.14. The van der Waals surface area contributed by atoms with E-state index >= 15 is 0 Å². The van der Waals surface area contributed by atoms with Gasteiger partial charge in [-0.2, -0.15) is 8.75 Å². The molecule has 2 nitrogen and oxygen atoms in total. The maximum absolute atomic E-state index is 5.05. The third-order valence-corrected chi connectivity index (χ3v) is 33.7. The Kier molecular flexibility index (Phi) is 41.0. The Morgan fingerprint density at radius 2 is 0.543 bits per heavy atom. The lowest BCUT2D eigenvalue weighted by Crippen LogP contribution is -2.25. The number of aryl methyl sites for hydroxylation is 2. The Hall–Kier alpha value is -6.50. The van der Waals surface area contributed by atoms with Gasteiger partial charge in [-0.05, 0) is 212 Å². The highest BCUT2D eigenvalue weighted by atomic mass is 32.1. The van der Waals surface area contributed by atoms with Gasteiger partial charge in [-0.15, -0.1) is 22.7 Å². The molecule has 2 aliphatic rings. The van der Waals surface area contributed by atoms with Crippen LogP contribution in [0.25, 0.3) is 108 Å². The standard InChI is InChI=1S/C124H172N2S3/c1-11-19-27-35-43-51-59-95(60-52-44-36-28-20-12-2)86-97-66-72-107-110(88-97)119(100-68-74-104-102-70-63-93(9)85-112(102)123(114(104)91-100,81-55-47-39-31-23-15-5)82-56-48-40-32-24-16-6)106-71-65-98(87-96(61-53-45-37-29-21-13-3)62-54-46-38-30-22-14-4)89-111(106)120(107)101-69-75-105-103-73-67-99(90-113(103)124(115(105)92-101,83-57-49-41-33-25-17-7)84-58-50-42-34-26-18-8)116-79-80-118(128-116)109-77-76-108(117-78-64-94(10)127-117)121-122(109)126-129-125-121/h63-80,85,88-92,95-96H,11-62,81-84,86-87H2,1-10H3. The zero-order chi connectivity index (χ0) is 89.8. The van der Waals surface area contributed by atoms with Crippen LogP contribution >= 0.6 is 34.4 Å². The van der Waals surface area contributed by atoms with Crippen LogP contribution in [0.4, 0.5) is 0 Å². The molecule has 0 saturated heterocycles. The van der Waals surface area contributed by atoms with Crippen LogP contribution in [-0.2, 0) is 23.7 Å². The van der Waals surface area contributed by atoms with Gasteiger partial charge in [0, 0.05) is 41.5 Å². The van der Waals surface area contributed by atoms with Gasteiger partial charge in [0.05, 0.1) is 11.7 Å². The highest BCUT2D eigenvalue weighted by molar-refractivity contribution is 7.19. The first-order chi connectivity index (χ1) is 63.5. The van der Waals surface area contributed by atoms with Crippen LogP contribution in [0.2, 0.25) is 0 Å². The molecule has 0 N–H and O–H groups in total. The number of unbranched alkanes of at least 4 members (excludes halogenated alkanes) is 40. The number of thiophene rings is 2. The van der Waals surface area contributed by atoms with Gasteiger partial charge in [-0.1, -0.05) is 498 Å². The Balaban J connectivity index is 1.03. The van der Waals surface area contributed by atoms with E-state index in [4.69, 9.17) is 8.75 Å². The minimum Gasteiger partial charge on any atom is -0.172 e. The van der Waals surface area contributed by atoms with E-state index in [0.717, 1.165) is 23.9 Å². The third-order valence-electron chi connectivity index (χ3n) is 31.0.